The van der Waals surface area contributed by atoms with Crippen LogP contribution in [0.25, 0.3) is 0 Å². The van der Waals surface area contributed by atoms with Crippen molar-refractivity contribution in [3.8, 4) is 0 Å². The summed E-state index contributed by atoms with van der Waals surface area (Å²) in [5.41, 5.74) is 0. The molecule has 0 amide bonds. The predicted molar refractivity (Wildman–Crippen MR) is 35.9 cm³/mol. The SMILES string of the molecule is CC(=O)[C@@H]1C=CC=CN1. The van der Waals surface area contributed by atoms with Crippen LogP contribution >= 0.6 is 0 Å². The van der Waals surface area contributed by atoms with Crippen molar-refractivity contribution in [2.45, 2.75) is 13.0 Å². The molecule has 0 aliphatic carbocycles. The minimum absolute atomic E-state index is 0.102. The Labute approximate surface area is 54.3 Å². The monoisotopic (exact) mass is 123 g/mol. The van der Waals surface area contributed by atoms with Crippen molar-refractivity contribution in [3.63, 3.8) is 0 Å². The fourth-order valence-electron chi connectivity index (χ4n) is 0.698. The summed E-state index contributed by atoms with van der Waals surface area (Å²) >= 11 is 0. The maximum absolute atomic E-state index is 10.7. The molecule has 2 heteroatoms. The molecule has 0 spiro atoms. The Balaban J connectivity index is 2.56. The first-order chi connectivity index (χ1) is 4.30. The molecule has 0 aromatic heterocycles. The van der Waals surface area contributed by atoms with Gasteiger partial charge in [-0.15, -0.1) is 0 Å². The van der Waals surface area contributed by atoms with E-state index in [1.54, 1.807) is 13.1 Å². The maximum atomic E-state index is 10.7. The summed E-state index contributed by atoms with van der Waals surface area (Å²) < 4.78 is 0. The van der Waals surface area contributed by atoms with E-state index in [0.29, 0.717) is 0 Å². The molecular formula is C7H9NO. The average molecular weight is 123 g/mol. The molecule has 0 bridgehead atoms. The zero-order valence-electron chi connectivity index (χ0n) is 5.29. The van der Waals surface area contributed by atoms with Gasteiger partial charge < -0.3 is 5.32 Å². The largest absolute Gasteiger partial charge is 0.378 e. The van der Waals surface area contributed by atoms with Crippen LogP contribution in [0, 0.1) is 0 Å². The van der Waals surface area contributed by atoms with Gasteiger partial charge in [-0.3, -0.25) is 4.79 Å². The molecule has 0 aromatic rings. The number of Topliss-reactive ketones (excluding diaryl/α,β-unsaturated/α-hetero) is 1. The molecule has 0 saturated heterocycles. The van der Waals surface area contributed by atoms with Crippen molar-refractivity contribution >= 4 is 5.78 Å². The van der Waals surface area contributed by atoms with E-state index in [2.05, 4.69) is 5.32 Å². The standard InChI is InChI=1S/C7H9NO/c1-6(9)7-4-2-3-5-8-7/h2-5,7-8H,1H3/t7-/m0/s1. The van der Waals surface area contributed by atoms with Gasteiger partial charge in [0, 0.05) is 0 Å². The Hall–Kier alpha value is -1.05. The van der Waals surface area contributed by atoms with Crippen LogP contribution in [0.3, 0.4) is 0 Å². The number of carbonyl (C=O) groups excluding carboxylic acids is 1. The molecule has 1 atom stereocenters. The lowest BCUT2D eigenvalue weighted by molar-refractivity contribution is -0.117. The minimum atomic E-state index is -0.102. The van der Waals surface area contributed by atoms with Crippen molar-refractivity contribution < 1.29 is 4.79 Å². The number of rotatable bonds is 1. The molecule has 0 unspecified atom stereocenters. The second-order valence-electron chi connectivity index (χ2n) is 2.00. The molecule has 9 heavy (non-hydrogen) atoms. The van der Waals surface area contributed by atoms with E-state index < -0.39 is 0 Å². The van der Waals surface area contributed by atoms with Gasteiger partial charge in [0.05, 0.1) is 0 Å². The fourth-order valence-corrected chi connectivity index (χ4v) is 0.698. The van der Waals surface area contributed by atoms with Crippen LogP contribution in [0.2, 0.25) is 0 Å². The summed E-state index contributed by atoms with van der Waals surface area (Å²) in [6, 6.07) is -0.102. The van der Waals surface area contributed by atoms with Gasteiger partial charge in [0.25, 0.3) is 0 Å². The van der Waals surface area contributed by atoms with Crippen LogP contribution in [-0.4, -0.2) is 11.8 Å². The van der Waals surface area contributed by atoms with E-state index in [1.807, 2.05) is 18.2 Å². The van der Waals surface area contributed by atoms with Gasteiger partial charge in [0.2, 0.25) is 0 Å². The highest BCUT2D eigenvalue weighted by Gasteiger charge is 2.07. The number of ketones is 1. The Morgan fingerprint density at radius 1 is 1.56 bits per heavy atom. The molecule has 0 fully saturated rings. The first kappa shape index (κ1) is 6.08. The summed E-state index contributed by atoms with van der Waals surface area (Å²) in [4.78, 5) is 10.7. The van der Waals surface area contributed by atoms with Gasteiger partial charge >= 0.3 is 0 Å². The average Bonchev–Trinajstić information content (AvgIpc) is 1.90. The normalized spacial score (nSPS) is 23.4. The molecule has 0 saturated carbocycles. The third kappa shape index (κ3) is 1.42. The quantitative estimate of drug-likeness (QED) is 0.553. The first-order valence-electron chi connectivity index (χ1n) is 2.90. The number of hydrogen-bond acceptors (Lipinski definition) is 2. The summed E-state index contributed by atoms with van der Waals surface area (Å²) in [7, 11) is 0. The molecule has 0 aromatic carbocycles. The number of allylic oxidation sites excluding steroid dienone is 2. The fraction of sp³-hybridized carbons (Fsp3) is 0.286. The van der Waals surface area contributed by atoms with Crippen molar-refractivity contribution in [2.24, 2.45) is 0 Å². The summed E-state index contributed by atoms with van der Waals surface area (Å²) in [5, 5.41) is 2.90. The van der Waals surface area contributed by atoms with E-state index in [1.165, 1.54) is 0 Å². The first-order valence-corrected chi connectivity index (χ1v) is 2.90. The summed E-state index contributed by atoms with van der Waals surface area (Å²) in [6.45, 7) is 1.57. The molecule has 48 valence electrons. The molecule has 1 N–H and O–H groups in total. The Kier molecular flexibility index (Phi) is 1.68. The third-order valence-electron chi connectivity index (χ3n) is 1.22. The molecular weight excluding hydrogens is 114 g/mol. The predicted octanol–water partition coefficient (Wildman–Crippen LogP) is 0.617. The van der Waals surface area contributed by atoms with Crippen LogP contribution in [0.5, 0.6) is 0 Å². The van der Waals surface area contributed by atoms with E-state index in [9.17, 15) is 4.79 Å². The Morgan fingerprint density at radius 3 is 2.67 bits per heavy atom. The van der Waals surface area contributed by atoms with Crippen LogP contribution in [0.1, 0.15) is 6.92 Å². The minimum Gasteiger partial charge on any atom is -0.378 e. The maximum Gasteiger partial charge on any atom is 0.155 e. The van der Waals surface area contributed by atoms with Gasteiger partial charge in [-0.1, -0.05) is 12.2 Å². The second kappa shape index (κ2) is 2.49. The number of nitrogens with one attached hydrogen (secondary N) is 1. The van der Waals surface area contributed by atoms with Crippen molar-refractivity contribution in [1.29, 1.82) is 0 Å². The van der Waals surface area contributed by atoms with Crippen LogP contribution in [0.15, 0.2) is 24.4 Å². The van der Waals surface area contributed by atoms with Crippen LogP contribution in [0.4, 0.5) is 0 Å². The summed E-state index contributed by atoms with van der Waals surface area (Å²) in [5.74, 6) is 0.149. The van der Waals surface area contributed by atoms with Gasteiger partial charge in [-0.25, -0.2) is 0 Å². The molecule has 1 aliphatic heterocycles. The zero-order valence-corrected chi connectivity index (χ0v) is 5.29. The lowest BCUT2D eigenvalue weighted by atomic mass is 10.1. The molecule has 0 radical (unpaired) electrons. The highest BCUT2D eigenvalue weighted by Crippen LogP contribution is 1.94. The molecule has 1 aliphatic rings. The van der Waals surface area contributed by atoms with Gasteiger partial charge in [0.1, 0.15) is 6.04 Å². The number of dihydropyridines is 1. The number of carbonyl (C=O) groups is 1. The van der Waals surface area contributed by atoms with Crippen LogP contribution in [-0.2, 0) is 4.79 Å². The highest BCUT2D eigenvalue weighted by atomic mass is 16.1. The zero-order chi connectivity index (χ0) is 6.69. The van der Waals surface area contributed by atoms with E-state index in [4.69, 9.17) is 0 Å². The lowest BCUT2D eigenvalue weighted by Crippen LogP contribution is -2.30. The van der Waals surface area contributed by atoms with Crippen molar-refractivity contribution in [1.82, 2.24) is 5.32 Å². The van der Waals surface area contributed by atoms with E-state index >= 15 is 0 Å². The van der Waals surface area contributed by atoms with Gasteiger partial charge in [-0.2, -0.15) is 0 Å². The van der Waals surface area contributed by atoms with E-state index in [-0.39, 0.29) is 11.8 Å². The van der Waals surface area contributed by atoms with Crippen molar-refractivity contribution in [2.75, 3.05) is 0 Å². The smallest absolute Gasteiger partial charge is 0.155 e. The Morgan fingerprint density at radius 2 is 2.33 bits per heavy atom. The second-order valence-corrected chi connectivity index (χ2v) is 2.00. The lowest BCUT2D eigenvalue weighted by Gasteiger charge is -2.10. The third-order valence-corrected chi connectivity index (χ3v) is 1.22. The van der Waals surface area contributed by atoms with E-state index in [0.717, 1.165) is 0 Å². The molecule has 1 rings (SSSR count). The van der Waals surface area contributed by atoms with Gasteiger partial charge in [-0.05, 0) is 19.2 Å². The summed E-state index contributed by atoms with van der Waals surface area (Å²) in [6.07, 6.45) is 7.33. The molecule has 2 nitrogen and oxygen atoms in total. The Bertz CT molecular complexity index is 170. The number of hydrogen-bond donors (Lipinski definition) is 1. The highest BCUT2D eigenvalue weighted by molar-refractivity contribution is 5.83. The topological polar surface area (TPSA) is 29.1 Å². The van der Waals surface area contributed by atoms with Gasteiger partial charge in [0.15, 0.2) is 5.78 Å². The van der Waals surface area contributed by atoms with Crippen molar-refractivity contribution in [3.05, 3.63) is 24.4 Å². The molecule has 1 heterocycles. The van der Waals surface area contributed by atoms with Crippen LogP contribution < -0.4 is 5.32 Å².